The fourth-order valence-electron chi connectivity index (χ4n) is 3.10. The summed E-state index contributed by atoms with van der Waals surface area (Å²) < 4.78 is 6.57. The van der Waals surface area contributed by atoms with Crippen LogP contribution < -0.4 is 5.32 Å². The Labute approximate surface area is 180 Å². The van der Waals surface area contributed by atoms with E-state index in [2.05, 4.69) is 21.2 Å². The van der Waals surface area contributed by atoms with Gasteiger partial charge in [0.25, 0.3) is 5.91 Å². The lowest BCUT2D eigenvalue weighted by molar-refractivity contribution is 0.101. The molecule has 4 rings (SSSR count). The molecule has 1 heterocycles. The highest BCUT2D eigenvalue weighted by molar-refractivity contribution is 9.10. The van der Waals surface area contributed by atoms with E-state index in [-0.39, 0.29) is 17.5 Å². The van der Waals surface area contributed by atoms with Crippen LogP contribution in [0.15, 0.2) is 75.6 Å². The molecule has 0 spiro atoms. The fraction of sp³-hybridized carbons (Fsp3) is 0.0435. The van der Waals surface area contributed by atoms with Crippen molar-refractivity contribution in [2.24, 2.45) is 0 Å². The number of amides is 1. The zero-order chi connectivity index (χ0) is 20.5. The van der Waals surface area contributed by atoms with E-state index in [4.69, 9.17) is 16.0 Å². The molecule has 0 aliphatic carbocycles. The van der Waals surface area contributed by atoms with Crippen molar-refractivity contribution in [3.63, 3.8) is 0 Å². The van der Waals surface area contributed by atoms with E-state index in [9.17, 15) is 9.59 Å². The molecule has 6 heteroatoms. The number of hydrogen-bond donors (Lipinski definition) is 1. The molecule has 4 aromatic rings. The van der Waals surface area contributed by atoms with Gasteiger partial charge < -0.3 is 9.73 Å². The summed E-state index contributed by atoms with van der Waals surface area (Å²) in [6.07, 6.45) is 0. The number of ketones is 1. The molecule has 0 radical (unpaired) electrons. The number of halogens is 2. The van der Waals surface area contributed by atoms with Gasteiger partial charge in [-0.1, -0.05) is 23.7 Å². The van der Waals surface area contributed by atoms with E-state index in [1.165, 1.54) is 0 Å². The van der Waals surface area contributed by atoms with Crippen LogP contribution in [0.3, 0.4) is 0 Å². The summed E-state index contributed by atoms with van der Waals surface area (Å²) in [5.74, 6) is -0.177. The van der Waals surface area contributed by atoms with Gasteiger partial charge in [-0.05, 0) is 71.4 Å². The molecule has 144 valence electrons. The molecule has 0 fully saturated rings. The molecule has 29 heavy (non-hydrogen) atoms. The van der Waals surface area contributed by atoms with E-state index in [0.29, 0.717) is 31.9 Å². The summed E-state index contributed by atoms with van der Waals surface area (Å²) in [6, 6.07) is 19.2. The molecule has 4 nitrogen and oxygen atoms in total. The largest absolute Gasteiger partial charge is 0.452 e. The van der Waals surface area contributed by atoms with Gasteiger partial charge in [-0.3, -0.25) is 9.59 Å². The first-order valence-corrected chi connectivity index (χ1v) is 10.0. The molecule has 0 aliphatic heterocycles. The molecule has 0 unspecified atom stereocenters. The van der Waals surface area contributed by atoms with Gasteiger partial charge in [-0.25, -0.2) is 0 Å². The Balaban J connectivity index is 1.65. The second-order valence-corrected chi connectivity index (χ2v) is 7.83. The minimum atomic E-state index is -0.238. The average molecular weight is 469 g/mol. The standard InChI is InChI=1S/C23H15BrClNO3/c1-13-17-11-10-16(26-23(28)18-4-2-3-5-19(18)24)12-20(17)29-22(13)21(27)14-6-8-15(25)9-7-14/h2-12H,1H3,(H,26,28). The topological polar surface area (TPSA) is 59.3 Å². The first-order valence-electron chi connectivity index (χ1n) is 8.83. The Morgan fingerprint density at radius 3 is 2.45 bits per heavy atom. The monoisotopic (exact) mass is 467 g/mol. The SMILES string of the molecule is Cc1c(C(=O)c2ccc(Cl)cc2)oc2cc(NC(=O)c3ccccc3Br)ccc12. The van der Waals surface area contributed by atoms with Crippen molar-refractivity contribution in [1.29, 1.82) is 0 Å². The number of benzene rings is 3. The van der Waals surface area contributed by atoms with E-state index >= 15 is 0 Å². The van der Waals surface area contributed by atoms with Crippen LogP contribution in [-0.2, 0) is 0 Å². The lowest BCUT2D eigenvalue weighted by Gasteiger charge is -2.06. The predicted octanol–water partition coefficient (Wildman–Crippen LogP) is 6.64. The second-order valence-electron chi connectivity index (χ2n) is 6.54. The van der Waals surface area contributed by atoms with E-state index in [0.717, 1.165) is 10.9 Å². The van der Waals surface area contributed by atoms with Gasteiger partial charge >= 0.3 is 0 Å². The zero-order valence-electron chi connectivity index (χ0n) is 15.3. The van der Waals surface area contributed by atoms with Crippen LogP contribution in [0.4, 0.5) is 5.69 Å². The number of furan rings is 1. The third-order valence-electron chi connectivity index (χ3n) is 4.63. The number of fused-ring (bicyclic) bond motifs is 1. The van der Waals surface area contributed by atoms with Crippen LogP contribution in [0, 0.1) is 6.92 Å². The predicted molar refractivity (Wildman–Crippen MR) is 118 cm³/mol. The van der Waals surface area contributed by atoms with Crippen molar-refractivity contribution in [2.75, 3.05) is 5.32 Å². The van der Waals surface area contributed by atoms with Gasteiger partial charge in [0.2, 0.25) is 5.78 Å². The molecule has 0 aliphatic rings. The van der Waals surface area contributed by atoms with Crippen LogP contribution >= 0.6 is 27.5 Å². The van der Waals surface area contributed by atoms with E-state index < -0.39 is 0 Å². The van der Waals surface area contributed by atoms with Gasteiger partial charge in [-0.2, -0.15) is 0 Å². The molecule has 3 aromatic carbocycles. The highest BCUT2D eigenvalue weighted by Crippen LogP contribution is 2.30. The zero-order valence-corrected chi connectivity index (χ0v) is 17.7. The molecule has 1 amide bonds. The molecule has 0 atom stereocenters. The maximum atomic E-state index is 12.8. The summed E-state index contributed by atoms with van der Waals surface area (Å²) in [4.78, 5) is 25.3. The van der Waals surface area contributed by atoms with E-state index in [1.807, 2.05) is 25.1 Å². The van der Waals surface area contributed by atoms with Crippen molar-refractivity contribution in [2.45, 2.75) is 6.92 Å². The number of anilines is 1. The summed E-state index contributed by atoms with van der Waals surface area (Å²) >= 11 is 9.28. The smallest absolute Gasteiger partial charge is 0.256 e. The minimum Gasteiger partial charge on any atom is -0.452 e. The lowest BCUT2D eigenvalue weighted by Crippen LogP contribution is -2.12. The molecule has 0 saturated heterocycles. The van der Waals surface area contributed by atoms with Crippen LogP contribution in [-0.4, -0.2) is 11.7 Å². The Kier molecular flexibility index (Phi) is 5.26. The summed E-state index contributed by atoms with van der Waals surface area (Å²) in [5.41, 5.74) is 2.90. The molecule has 1 aromatic heterocycles. The van der Waals surface area contributed by atoms with Crippen LogP contribution in [0.5, 0.6) is 0 Å². The highest BCUT2D eigenvalue weighted by Gasteiger charge is 2.20. The Bertz CT molecular complexity index is 1240. The summed E-state index contributed by atoms with van der Waals surface area (Å²) in [6.45, 7) is 1.84. The van der Waals surface area contributed by atoms with Crippen molar-refractivity contribution >= 4 is 55.9 Å². The molecular weight excluding hydrogens is 454 g/mol. The Morgan fingerprint density at radius 1 is 1.00 bits per heavy atom. The third kappa shape index (κ3) is 3.84. The highest BCUT2D eigenvalue weighted by atomic mass is 79.9. The Hall–Kier alpha value is -2.89. The Morgan fingerprint density at radius 2 is 1.72 bits per heavy atom. The maximum absolute atomic E-state index is 12.8. The third-order valence-corrected chi connectivity index (χ3v) is 5.57. The van der Waals surface area contributed by atoms with Gasteiger partial charge in [0, 0.05) is 37.8 Å². The summed E-state index contributed by atoms with van der Waals surface area (Å²) in [5, 5.41) is 4.24. The van der Waals surface area contributed by atoms with Gasteiger partial charge in [0.15, 0.2) is 5.76 Å². The number of hydrogen-bond acceptors (Lipinski definition) is 3. The fourth-order valence-corrected chi connectivity index (χ4v) is 3.69. The number of nitrogens with one attached hydrogen (secondary N) is 1. The molecule has 0 bridgehead atoms. The minimum absolute atomic E-state index is 0.214. The van der Waals surface area contributed by atoms with Crippen LogP contribution in [0.1, 0.15) is 32.0 Å². The van der Waals surface area contributed by atoms with Gasteiger partial charge in [-0.15, -0.1) is 0 Å². The molecule has 0 saturated carbocycles. The molecule has 1 N–H and O–H groups in total. The number of carbonyl (C=O) groups is 2. The van der Waals surface area contributed by atoms with E-state index in [1.54, 1.807) is 48.5 Å². The van der Waals surface area contributed by atoms with Gasteiger partial charge in [0.05, 0.1) is 5.56 Å². The number of aryl methyl sites for hydroxylation is 1. The van der Waals surface area contributed by atoms with Crippen molar-refractivity contribution in [3.05, 3.63) is 98.7 Å². The van der Waals surface area contributed by atoms with Crippen molar-refractivity contribution in [1.82, 2.24) is 0 Å². The van der Waals surface area contributed by atoms with Gasteiger partial charge in [0.1, 0.15) is 5.58 Å². The normalized spacial score (nSPS) is 10.9. The van der Waals surface area contributed by atoms with Crippen LogP contribution in [0.25, 0.3) is 11.0 Å². The quantitative estimate of drug-likeness (QED) is 0.342. The lowest BCUT2D eigenvalue weighted by atomic mass is 10.0. The number of rotatable bonds is 4. The van der Waals surface area contributed by atoms with Crippen molar-refractivity contribution in [3.8, 4) is 0 Å². The van der Waals surface area contributed by atoms with Crippen molar-refractivity contribution < 1.29 is 14.0 Å². The first-order chi connectivity index (χ1) is 13.9. The second kappa shape index (κ2) is 7.85. The summed E-state index contributed by atoms with van der Waals surface area (Å²) in [7, 11) is 0. The first kappa shape index (κ1) is 19.4. The number of carbonyl (C=O) groups excluding carboxylic acids is 2. The maximum Gasteiger partial charge on any atom is 0.256 e. The average Bonchev–Trinajstić information content (AvgIpc) is 3.04. The molecular formula is C23H15BrClNO3. The van der Waals surface area contributed by atoms with Crippen LogP contribution in [0.2, 0.25) is 5.02 Å².